The first-order valence-corrected chi connectivity index (χ1v) is 27.4. The summed E-state index contributed by atoms with van der Waals surface area (Å²) in [6.45, 7) is 15.1. The number of esters is 2. The molecule has 396 valence electrons. The summed E-state index contributed by atoms with van der Waals surface area (Å²) in [7, 11) is -6.46. The molecule has 72 heavy (non-hydrogen) atoms. The molecule has 4 aromatic rings. The molecule has 0 atom stereocenters. The minimum absolute atomic E-state index is 0.0687. The second kappa shape index (κ2) is 23.3. The number of alkyl halides is 4. The SMILES string of the molecule is CC(F)(F)CCc1ccc(-c2ccc(S(=O)(=O)C3(C(=O)OC(C)(C)C)CCNCC3)cc2)cc1.COCCN1CCC(C(=O)OC(C)(C)C)(S(=O)(=O)c2ccc(-c3ccc(CCC(C)(F)F)cc3)cc2)CC1. The number of nitrogens with one attached hydrogen (secondary N) is 1. The average molecular weight is 1050 g/mol. The van der Waals surface area contributed by atoms with Crippen molar-refractivity contribution >= 4 is 31.6 Å². The number of benzene rings is 4. The second-order valence-corrected chi connectivity index (χ2v) is 25.7. The van der Waals surface area contributed by atoms with E-state index >= 15 is 0 Å². The van der Waals surface area contributed by atoms with E-state index in [1.54, 1.807) is 97.2 Å². The first-order valence-electron chi connectivity index (χ1n) is 24.4. The smallest absolute Gasteiger partial charge is 0.328 e. The fraction of sp³-hybridized carbons (Fsp3) is 0.527. The first-order chi connectivity index (χ1) is 33.4. The van der Waals surface area contributed by atoms with Gasteiger partial charge in [0, 0.05) is 39.6 Å². The van der Waals surface area contributed by atoms with Crippen LogP contribution in [0.25, 0.3) is 22.3 Å². The fourth-order valence-corrected chi connectivity index (χ4v) is 12.5. The Morgan fingerprint density at radius 2 is 0.861 bits per heavy atom. The molecule has 2 heterocycles. The predicted molar refractivity (Wildman–Crippen MR) is 273 cm³/mol. The van der Waals surface area contributed by atoms with E-state index in [4.69, 9.17) is 14.2 Å². The Bertz CT molecular complexity index is 2640. The summed E-state index contributed by atoms with van der Waals surface area (Å²) in [5.41, 5.74) is 3.28. The van der Waals surface area contributed by atoms with Crippen molar-refractivity contribution in [3.63, 3.8) is 0 Å². The maximum absolute atomic E-state index is 14.0. The standard InChI is InChI=1S/C29H39F2NO5S.C26H33F2NO4S/c1-27(2,3)37-26(33)29(16-18-32(19-17-29)20-21-36-5)38(34,35)25-12-10-24(11-13-25)23-8-6-22(7-9-23)14-15-28(4,30)31;1-24(2,3)33-23(30)26(15-17-29-18-16-26)34(31,32)22-11-9-21(10-12-22)20-7-5-19(6-8-20)13-14-25(4,27)28/h6-13H,14-21H2,1-5H3;5-12,29H,13-18H2,1-4H3. The molecule has 0 radical (unpaired) electrons. The Morgan fingerprint density at radius 1 is 0.542 bits per heavy atom. The first kappa shape index (κ1) is 58.2. The number of nitrogens with zero attached hydrogens (tertiary/aromatic N) is 1. The van der Waals surface area contributed by atoms with E-state index < -0.39 is 64.2 Å². The van der Waals surface area contributed by atoms with Crippen molar-refractivity contribution in [1.82, 2.24) is 10.2 Å². The Morgan fingerprint density at radius 3 is 1.17 bits per heavy atom. The van der Waals surface area contributed by atoms with Gasteiger partial charge in [0.25, 0.3) is 0 Å². The number of ether oxygens (including phenoxy) is 3. The number of hydrogen-bond donors (Lipinski definition) is 1. The highest BCUT2D eigenvalue weighted by atomic mass is 32.2. The molecule has 0 spiro atoms. The molecular weight excluding hydrogens is 973 g/mol. The summed E-state index contributed by atoms with van der Waals surface area (Å²) >= 11 is 0. The van der Waals surface area contributed by atoms with Gasteiger partial charge in [0.05, 0.1) is 16.4 Å². The zero-order valence-electron chi connectivity index (χ0n) is 43.1. The van der Waals surface area contributed by atoms with Gasteiger partial charge in [-0.1, -0.05) is 72.8 Å². The molecule has 1 N–H and O–H groups in total. The van der Waals surface area contributed by atoms with Gasteiger partial charge in [-0.2, -0.15) is 0 Å². The highest BCUT2D eigenvalue weighted by Crippen LogP contribution is 2.40. The topological polar surface area (TPSA) is 145 Å². The van der Waals surface area contributed by atoms with Crippen LogP contribution in [0.5, 0.6) is 0 Å². The van der Waals surface area contributed by atoms with Gasteiger partial charge in [-0.05, 0) is 165 Å². The van der Waals surface area contributed by atoms with Crippen LogP contribution in [0, 0.1) is 0 Å². The number of piperidine rings is 2. The van der Waals surface area contributed by atoms with Crippen LogP contribution in [-0.2, 0) is 56.3 Å². The van der Waals surface area contributed by atoms with Crippen molar-refractivity contribution in [2.75, 3.05) is 46.4 Å². The molecule has 2 aliphatic heterocycles. The van der Waals surface area contributed by atoms with E-state index in [0.717, 1.165) is 47.2 Å². The lowest BCUT2D eigenvalue weighted by Gasteiger charge is -2.40. The summed E-state index contributed by atoms with van der Waals surface area (Å²) in [6.07, 6.45) is 0.673. The molecule has 17 heteroatoms. The maximum atomic E-state index is 14.0. The van der Waals surface area contributed by atoms with E-state index in [1.807, 2.05) is 24.3 Å². The minimum Gasteiger partial charge on any atom is -0.459 e. The third-order valence-electron chi connectivity index (χ3n) is 12.9. The van der Waals surface area contributed by atoms with Crippen molar-refractivity contribution in [2.24, 2.45) is 0 Å². The number of carbonyl (C=O) groups excluding carboxylic acids is 2. The predicted octanol–water partition coefficient (Wildman–Crippen LogP) is 10.7. The Labute approximate surface area is 424 Å². The summed E-state index contributed by atoms with van der Waals surface area (Å²) in [5.74, 6) is -6.84. The van der Waals surface area contributed by atoms with Gasteiger partial charge in [-0.25, -0.2) is 34.4 Å². The summed E-state index contributed by atoms with van der Waals surface area (Å²) in [4.78, 5) is 28.8. The van der Waals surface area contributed by atoms with E-state index in [1.165, 1.54) is 24.3 Å². The maximum Gasteiger partial charge on any atom is 0.328 e. The largest absolute Gasteiger partial charge is 0.459 e. The lowest BCUT2D eigenvalue weighted by Crippen LogP contribution is -2.56. The fourth-order valence-electron chi connectivity index (χ4n) is 8.66. The normalized spacial score (nSPS) is 16.8. The Hall–Kier alpha value is -4.68. The third kappa shape index (κ3) is 15.2. The molecule has 6 rings (SSSR count). The lowest BCUT2D eigenvalue weighted by atomic mass is 9.95. The van der Waals surface area contributed by atoms with Crippen LogP contribution in [0.3, 0.4) is 0 Å². The van der Waals surface area contributed by atoms with E-state index in [9.17, 15) is 44.0 Å². The van der Waals surface area contributed by atoms with Gasteiger partial charge in [0.2, 0.25) is 11.8 Å². The number of methoxy groups -OCH3 is 1. The van der Waals surface area contributed by atoms with E-state index in [2.05, 4.69) is 10.2 Å². The van der Waals surface area contributed by atoms with E-state index in [-0.39, 0.29) is 61.2 Å². The number of hydrogen-bond acceptors (Lipinski definition) is 11. The van der Waals surface area contributed by atoms with E-state index in [0.29, 0.717) is 39.3 Å². The second-order valence-electron chi connectivity index (χ2n) is 21.2. The Kier molecular flexibility index (Phi) is 18.8. The van der Waals surface area contributed by atoms with Crippen LogP contribution in [0.2, 0.25) is 0 Å². The summed E-state index contributed by atoms with van der Waals surface area (Å²) in [6, 6.07) is 27.5. The van der Waals surface area contributed by atoms with Crippen molar-refractivity contribution in [1.29, 1.82) is 0 Å². The molecule has 0 unspecified atom stereocenters. The Balaban J connectivity index is 0.000000269. The summed E-state index contributed by atoms with van der Waals surface area (Å²) in [5, 5.41) is 3.12. The van der Waals surface area contributed by atoms with Crippen molar-refractivity contribution < 1.29 is 58.2 Å². The third-order valence-corrected chi connectivity index (χ3v) is 17.9. The molecule has 2 fully saturated rings. The van der Waals surface area contributed by atoms with Crippen molar-refractivity contribution in [2.45, 2.75) is 149 Å². The van der Waals surface area contributed by atoms with Crippen LogP contribution in [0.4, 0.5) is 17.6 Å². The molecule has 0 saturated carbocycles. The number of halogens is 4. The summed E-state index contributed by atoms with van der Waals surface area (Å²) < 4.78 is 121. The molecule has 0 aromatic heterocycles. The van der Waals surface area contributed by atoms with Crippen LogP contribution >= 0.6 is 0 Å². The lowest BCUT2D eigenvalue weighted by molar-refractivity contribution is -0.160. The van der Waals surface area contributed by atoms with Crippen LogP contribution < -0.4 is 5.32 Å². The number of rotatable bonds is 17. The molecule has 0 bridgehead atoms. The number of aryl methyl sites for hydroxylation is 2. The zero-order chi connectivity index (χ0) is 53.4. The van der Waals surface area contributed by atoms with Crippen molar-refractivity contribution in [3.8, 4) is 22.3 Å². The molecule has 0 aliphatic carbocycles. The highest BCUT2D eigenvalue weighted by Gasteiger charge is 2.56. The molecule has 0 amide bonds. The minimum atomic E-state index is -4.07. The molecule has 4 aromatic carbocycles. The van der Waals surface area contributed by atoms with Gasteiger partial charge in [0.15, 0.2) is 29.2 Å². The monoisotopic (exact) mass is 1040 g/mol. The molecule has 2 saturated heterocycles. The van der Waals surface area contributed by atoms with Gasteiger partial charge in [-0.3, -0.25) is 9.59 Å². The van der Waals surface area contributed by atoms with Gasteiger partial charge < -0.3 is 24.4 Å². The van der Waals surface area contributed by atoms with Crippen LogP contribution in [0.15, 0.2) is 107 Å². The van der Waals surface area contributed by atoms with Crippen molar-refractivity contribution in [3.05, 3.63) is 108 Å². The van der Waals surface area contributed by atoms with Gasteiger partial charge >= 0.3 is 11.9 Å². The average Bonchev–Trinajstić information content (AvgIpc) is 3.31. The quantitative estimate of drug-likeness (QED) is 0.0797. The highest BCUT2D eigenvalue weighted by molar-refractivity contribution is 7.94. The molecular formula is C55H72F4N2O9S2. The molecule has 11 nitrogen and oxygen atoms in total. The number of sulfone groups is 2. The number of likely N-dealkylation sites (tertiary alicyclic amines) is 1. The zero-order valence-corrected chi connectivity index (χ0v) is 44.7. The van der Waals surface area contributed by atoms with Crippen LogP contribution in [-0.4, -0.2) is 113 Å². The molecule has 2 aliphatic rings. The van der Waals surface area contributed by atoms with Gasteiger partial charge in [0.1, 0.15) is 11.2 Å². The number of carbonyl (C=O) groups is 2. The van der Waals surface area contributed by atoms with Crippen LogP contribution in [0.1, 0.15) is 105 Å². The van der Waals surface area contributed by atoms with Gasteiger partial charge in [-0.15, -0.1) is 0 Å².